The fraction of sp³-hybridized carbons (Fsp3) is 0.0526. The van der Waals surface area contributed by atoms with Crippen LogP contribution in [0.3, 0.4) is 0 Å². The molecule has 0 fully saturated rings. The zero-order chi connectivity index (χ0) is 16.8. The number of nitrogens with one attached hydrogen (secondary N) is 2. The van der Waals surface area contributed by atoms with Gasteiger partial charge in [0.25, 0.3) is 5.91 Å². The average molecular weight is 317 g/mol. The first kappa shape index (κ1) is 14.3. The van der Waals surface area contributed by atoms with Gasteiger partial charge in [-0.2, -0.15) is 0 Å². The smallest absolute Gasteiger partial charge is 0.256 e. The zero-order valence-corrected chi connectivity index (χ0v) is 13.0. The van der Waals surface area contributed by atoms with Crippen molar-refractivity contribution in [1.29, 1.82) is 0 Å². The average Bonchev–Trinajstić information content (AvgIpc) is 3.05. The molecule has 24 heavy (non-hydrogen) atoms. The minimum Gasteiger partial charge on any atom is -0.366 e. The van der Waals surface area contributed by atoms with E-state index < -0.39 is 5.91 Å². The van der Waals surface area contributed by atoms with Crippen molar-refractivity contribution in [1.82, 2.24) is 4.98 Å². The molecule has 5 nitrogen and oxygen atoms in total. The molecule has 2 amide bonds. The molecule has 0 unspecified atom stereocenters. The number of rotatable bonds is 2. The molecule has 0 radical (unpaired) electrons. The Morgan fingerprint density at radius 3 is 2.71 bits per heavy atom. The number of aryl methyl sites for hydroxylation is 1. The summed E-state index contributed by atoms with van der Waals surface area (Å²) in [5, 5.41) is 3.93. The van der Waals surface area contributed by atoms with Crippen molar-refractivity contribution < 1.29 is 9.59 Å². The lowest BCUT2D eigenvalue weighted by Crippen LogP contribution is -2.10. The molecule has 0 aliphatic carbocycles. The number of primary amides is 1. The van der Waals surface area contributed by atoms with E-state index in [2.05, 4.69) is 10.3 Å². The first-order valence-electron chi connectivity index (χ1n) is 7.59. The number of amides is 2. The molecule has 0 bridgehead atoms. The van der Waals surface area contributed by atoms with Crippen LogP contribution in [0.15, 0.2) is 42.5 Å². The number of hydrogen-bond acceptors (Lipinski definition) is 2. The molecule has 4 rings (SSSR count). The number of hydrogen-bond donors (Lipinski definition) is 3. The highest BCUT2D eigenvalue weighted by Gasteiger charge is 2.25. The Kier molecular flexibility index (Phi) is 3.03. The molecule has 0 atom stereocenters. The van der Waals surface area contributed by atoms with Crippen molar-refractivity contribution in [3.8, 4) is 0 Å². The van der Waals surface area contributed by atoms with Crippen LogP contribution in [0.2, 0.25) is 0 Å². The number of aromatic nitrogens is 1. The van der Waals surface area contributed by atoms with Gasteiger partial charge in [0.05, 0.1) is 5.57 Å². The molecule has 2 heterocycles. The monoisotopic (exact) mass is 317 g/mol. The quantitative estimate of drug-likeness (QED) is 0.634. The van der Waals surface area contributed by atoms with Gasteiger partial charge in [-0.3, -0.25) is 9.59 Å². The minimum atomic E-state index is -0.515. The Morgan fingerprint density at radius 2 is 1.96 bits per heavy atom. The highest BCUT2D eigenvalue weighted by atomic mass is 16.2. The number of aromatic amines is 1. The van der Waals surface area contributed by atoms with Crippen LogP contribution >= 0.6 is 0 Å². The molecule has 1 aliphatic heterocycles. The molecule has 0 spiro atoms. The Bertz CT molecular complexity index is 1040. The van der Waals surface area contributed by atoms with Gasteiger partial charge in [-0.15, -0.1) is 0 Å². The van der Waals surface area contributed by atoms with Gasteiger partial charge >= 0.3 is 0 Å². The molecule has 4 N–H and O–H groups in total. The first-order valence-corrected chi connectivity index (χ1v) is 7.59. The number of nitrogens with two attached hydrogens (primary N) is 1. The minimum absolute atomic E-state index is 0.190. The van der Waals surface area contributed by atoms with Gasteiger partial charge in [0.15, 0.2) is 0 Å². The van der Waals surface area contributed by atoms with Gasteiger partial charge in [-0.05, 0) is 42.8 Å². The fourth-order valence-corrected chi connectivity index (χ4v) is 3.08. The van der Waals surface area contributed by atoms with Crippen LogP contribution in [0.5, 0.6) is 0 Å². The molecule has 5 heteroatoms. The van der Waals surface area contributed by atoms with Gasteiger partial charge in [0.1, 0.15) is 0 Å². The van der Waals surface area contributed by atoms with Gasteiger partial charge < -0.3 is 16.0 Å². The van der Waals surface area contributed by atoms with Crippen molar-refractivity contribution in [2.24, 2.45) is 5.73 Å². The van der Waals surface area contributed by atoms with Crippen LogP contribution < -0.4 is 11.1 Å². The van der Waals surface area contributed by atoms with E-state index in [0.29, 0.717) is 22.4 Å². The van der Waals surface area contributed by atoms with Gasteiger partial charge in [0.2, 0.25) is 5.91 Å². The number of para-hydroxylation sites is 1. The summed E-state index contributed by atoms with van der Waals surface area (Å²) in [4.78, 5) is 27.1. The third-order valence-corrected chi connectivity index (χ3v) is 4.38. The predicted octanol–water partition coefficient (Wildman–Crippen LogP) is 3.07. The Morgan fingerprint density at radius 1 is 1.17 bits per heavy atom. The molecular formula is C19H15N3O2. The summed E-state index contributed by atoms with van der Waals surface area (Å²) in [5.74, 6) is -0.706. The third kappa shape index (κ3) is 2.10. The number of carbonyl (C=O) groups is 2. The van der Waals surface area contributed by atoms with Crippen molar-refractivity contribution in [2.75, 3.05) is 5.32 Å². The summed E-state index contributed by atoms with van der Waals surface area (Å²) in [6.45, 7) is 2.01. The molecule has 0 saturated heterocycles. The van der Waals surface area contributed by atoms with E-state index in [1.54, 1.807) is 18.2 Å². The van der Waals surface area contributed by atoms with E-state index in [1.807, 2.05) is 37.3 Å². The van der Waals surface area contributed by atoms with Gasteiger partial charge in [0, 0.05) is 33.4 Å². The normalized spacial score (nSPS) is 14.9. The van der Waals surface area contributed by atoms with E-state index in [1.165, 1.54) is 0 Å². The summed E-state index contributed by atoms with van der Waals surface area (Å²) in [6, 6.07) is 12.9. The van der Waals surface area contributed by atoms with E-state index in [9.17, 15) is 9.59 Å². The summed E-state index contributed by atoms with van der Waals surface area (Å²) < 4.78 is 0. The van der Waals surface area contributed by atoms with Crippen LogP contribution in [-0.2, 0) is 4.79 Å². The predicted molar refractivity (Wildman–Crippen MR) is 94.5 cm³/mol. The summed E-state index contributed by atoms with van der Waals surface area (Å²) in [6.07, 6.45) is 1.82. The van der Waals surface area contributed by atoms with E-state index >= 15 is 0 Å². The number of H-pyrrole nitrogens is 1. The molecular weight excluding hydrogens is 302 g/mol. The fourth-order valence-electron chi connectivity index (χ4n) is 3.08. The maximum Gasteiger partial charge on any atom is 0.256 e. The second-order valence-corrected chi connectivity index (χ2v) is 5.85. The summed E-state index contributed by atoms with van der Waals surface area (Å²) in [5.41, 5.74) is 10.6. The van der Waals surface area contributed by atoms with Crippen LogP contribution in [0.25, 0.3) is 22.6 Å². The topological polar surface area (TPSA) is 88.0 Å². The molecule has 0 saturated carbocycles. The molecule has 118 valence electrons. The van der Waals surface area contributed by atoms with E-state index in [4.69, 9.17) is 5.73 Å². The van der Waals surface area contributed by atoms with Crippen LogP contribution in [0, 0.1) is 6.92 Å². The van der Waals surface area contributed by atoms with Gasteiger partial charge in [-0.1, -0.05) is 18.2 Å². The van der Waals surface area contributed by atoms with Crippen molar-refractivity contribution in [2.45, 2.75) is 6.92 Å². The lowest BCUT2D eigenvalue weighted by Gasteiger charge is -2.01. The summed E-state index contributed by atoms with van der Waals surface area (Å²) in [7, 11) is 0. The lowest BCUT2D eigenvalue weighted by atomic mass is 10.0. The standard InChI is InChI=1S/C19H15N3O2/c1-10-12-4-2-3-5-15(12)21-17(10)9-14-13-8-11(18(20)23)6-7-16(13)22-19(14)24/h2-9,21H,1H3,(H2,20,23)(H,22,24)/b14-9-. The highest BCUT2D eigenvalue weighted by Crippen LogP contribution is 2.35. The maximum absolute atomic E-state index is 12.3. The second kappa shape index (κ2) is 5.09. The molecule has 1 aliphatic rings. The lowest BCUT2D eigenvalue weighted by molar-refractivity contribution is -0.110. The van der Waals surface area contributed by atoms with Crippen molar-refractivity contribution >= 4 is 40.1 Å². The van der Waals surface area contributed by atoms with Crippen molar-refractivity contribution in [3.05, 3.63) is 64.8 Å². The molecule has 2 aromatic carbocycles. The van der Waals surface area contributed by atoms with Crippen LogP contribution in [0.4, 0.5) is 5.69 Å². The van der Waals surface area contributed by atoms with Crippen molar-refractivity contribution in [3.63, 3.8) is 0 Å². The van der Waals surface area contributed by atoms with E-state index in [-0.39, 0.29) is 5.91 Å². The summed E-state index contributed by atoms with van der Waals surface area (Å²) >= 11 is 0. The Balaban J connectivity index is 1.89. The van der Waals surface area contributed by atoms with Crippen LogP contribution in [0.1, 0.15) is 27.2 Å². The Hall–Kier alpha value is -3.34. The third-order valence-electron chi connectivity index (χ3n) is 4.38. The SMILES string of the molecule is Cc1c(/C=C2\C(=O)Nc3ccc(C(N)=O)cc32)[nH]c2ccccc12. The zero-order valence-electron chi connectivity index (χ0n) is 13.0. The number of benzene rings is 2. The van der Waals surface area contributed by atoms with E-state index in [0.717, 1.165) is 22.2 Å². The number of anilines is 1. The number of carbonyl (C=O) groups excluding carboxylic acids is 2. The van der Waals surface area contributed by atoms with Crippen LogP contribution in [-0.4, -0.2) is 16.8 Å². The maximum atomic E-state index is 12.3. The number of fused-ring (bicyclic) bond motifs is 2. The molecule has 3 aromatic rings. The second-order valence-electron chi connectivity index (χ2n) is 5.85. The van der Waals surface area contributed by atoms with Gasteiger partial charge in [-0.25, -0.2) is 0 Å². The highest BCUT2D eigenvalue weighted by molar-refractivity contribution is 6.35. The molecule has 1 aromatic heterocycles. The largest absolute Gasteiger partial charge is 0.366 e. The Labute approximate surface area is 138 Å². The first-order chi connectivity index (χ1) is 11.5.